The van der Waals surface area contributed by atoms with Gasteiger partial charge in [0.25, 0.3) is 11.5 Å². The minimum Gasteiger partial charge on any atom is -0.481 e. The second kappa shape index (κ2) is 55.2. The normalized spacial score (nSPS) is 16.0. The molecule has 0 aliphatic carbocycles. The van der Waals surface area contributed by atoms with Crippen LogP contribution in [0.5, 0.6) is 0 Å². The van der Waals surface area contributed by atoms with Crippen molar-refractivity contribution < 1.29 is 174 Å². The number of hydrogen-bond acceptors (Lipinski definition) is 39. The Morgan fingerprint density at radius 3 is 1.18 bits per heavy atom. The van der Waals surface area contributed by atoms with E-state index in [2.05, 4.69) is 78.4 Å². The molecule has 10 amide bonds. The third kappa shape index (κ3) is 39.1. The van der Waals surface area contributed by atoms with Gasteiger partial charge >= 0.3 is 27.9 Å². The van der Waals surface area contributed by atoms with Gasteiger partial charge in [-0.25, -0.2) is 24.4 Å². The number of aliphatic carboxylic acids is 4. The first-order valence-corrected chi connectivity index (χ1v) is 40.7. The number of carbonyl (C=O) groups is 15. The predicted octanol–water partition coefficient (Wildman–Crippen LogP) is -12.5. The molecule has 0 aliphatic heterocycles. The first kappa shape index (κ1) is 107. The molecular weight excluding hydrogens is 1810 g/mol. The van der Waals surface area contributed by atoms with Gasteiger partial charge in [0.2, 0.25) is 59.1 Å². The summed E-state index contributed by atoms with van der Waals surface area (Å²) in [5, 5.41) is 214. The van der Waals surface area contributed by atoms with Crippen molar-refractivity contribution in [3.63, 3.8) is 0 Å². The highest BCUT2D eigenvalue weighted by atomic mass is 127. The third-order valence-corrected chi connectivity index (χ3v) is 20.3. The van der Waals surface area contributed by atoms with Gasteiger partial charge in [-0.3, -0.25) is 67.3 Å². The fourth-order valence-electron chi connectivity index (χ4n) is 10.6. The lowest BCUT2D eigenvalue weighted by Gasteiger charge is -2.28. The number of H-pyrrole nitrogens is 1. The lowest BCUT2D eigenvalue weighted by atomic mass is 10.0. The number of aromatic nitrogens is 4. The lowest BCUT2D eigenvalue weighted by Crippen LogP contribution is -2.60. The van der Waals surface area contributed by atoms with Gasteiger partial charge in [-0.2, -0.15) is 4.98 Å². The number of aliphatic hydroxyl groups excluding tert-OH is 15. The summed E-state index contributed by atoms with van der Waals surface area (Å²) < 4.78 is 4.15. The van der Waals surface area contributed by atoms with Gasteiger partial charge in [-0.1, -0.05) is 21.6 Å². The highest BCUT2D eigenvalue weighted by Gasteiger charge is 2.38. The molecule has 55 heteroatoms. The smallest absolute Gasteiger partial charge is 0.367 e. The number of aromatic amines is 1. The maximum absolute atomic E-state index is 14.8. The van der Waals surface area contributed by atoms with Crippen molar-refractivity contribution in [3.05, 3.63) is 52.1 Å². The number of nitrogens with two attached hydrogens (primary N) is 1. The quantitative estimate of drug-likeness (QED) is 0.0108. The van der Waals surface area contributed by atoms with Crippen LogP contribution in [0.25, 0.3) is 11.2 Å². The van der Waals surface area contributed by atoms with Crippen LogP contribution in [0.2, 0.25) is 0 Å². The van der Waals surface area contributed by atoms with Crippen molar-refractivity contribution in [2.45, 2.75) is 199 Å². The molecule has 0 bridgehead atoms. The molecule has 33 N–H and O–H groups in total. The first-order valence-electron chi connectivity index (χ1n) is 37.1. The summed E-state index contributed by atoms with van der Waals surface area (Å²) in [6, 6.07) is -9.19. The van der Waals surface area contributed by atoms with E-state index in [0.717, 1.165) is 21.6 Å². The first-order chi connectivity index (χ1) is 57.9. The van der Waals surface area contributed by atoms with Crippen molar-refractivity contribution in [3.8, 4) is 0 Å². The molecule has 19 atom stereocenters. The van der Waals surface area contributed by atoms with E-state index in [1.54, 1.807) is 0 Å². The van der Waals surface area contributed by atoms with Crippen molar-refractivity contribution in [1.29, 1.82) is 0 Å². The minimum atomic E-state index is -2.27. The Hall–Kier alpha value is -10.1. The standard InChI is InChI=1S/C68H101IN16O36S2/c69-67(120)121-17-18-122-123-27-37(66(118)119)83-63(114)33(7-13-46(97)74-23-40(91)53(105)56(108)43(94)26-88)79-62(113)35(10-16-49(101)102)81-60(111)32(6-12-45(96)73-22-39(90)52(104)55(107)42(93)25-87)78-61(112)34(9-15-48(99)100)80-59(110)31(5-11-44(95)72-21-38(89)51(103)54(106)41(92)24-86)77-47(98)14-8-36(65(116)117)82-58(109)28-1-3-29(4-2-28)71-19-30-20-75-57-50(76-30)64(115)85-68(70)84-57/h1-4,20,31-43,51-56,71,86-94,103-108H,5-19,21-27H2,(H,72,95)(H,73,96)(H,74,97)(H,77,98)(H,78,112)(H,79,113)(H,80,110)(H,81,111)(H,82,109)(H,83,114)(H,99,100)(H,101,102)(H,116,117)(H,118,119)(H3,70,75,84,85,115)/t31-,32-,33-,34+,35+,36+,37+,38-,39-,40-,41+,42+,43+,51+,52+,53+,54+,55+,56+/m0/s1. The summed E-state index contributed by atoms with van der Waals surface area (Å²) >= 11 is 1.35. The molecule has 0 aliphatic rings. The fraction of sp³-hybridized carbons (Fsp3) is 0.603. The Morgan fingerprint density at radius 2 is 0.805 bits per heavy atom. The largest absolute Gasteiger partial charge is 0.481 e. The van der Waals surface area contributed by atoms with Gasteiger partial charge in [0.1, 0.15) is 104 Å². The van der Waals surface area contributed by atoms with Crippen molar-refractivity contribution in [1.82, 2.24) is 73.1 Å². The van der Waals surface area contributed by atoms with E-state index in [4.69, 9.17) is 15.6 Å². The Kier molecular flexibility index (Phi) is 48.1. The molecule has 0 saturated carbocycles. The molecule has 2 heterocycles. The van der Waals surface area contributed by atoms with Crippen LogP contribution in [0.3, 0.4) is 0 Å². The number of anilines is 2. The number of aliphatic hydroxyl groups is 15. The average Bonchev–Trinajstić information content (AvgIpc) is 0.812. The van der Waals surface area contributed by atoms with Crippen LogP contribution in [0, 0.1) is 0 Å². The number of nitrogens with one attached hydrogen (secondary N) is 12. The van der Waals surface area contributed by atoms with Crippen molar-refractivity contribution in [2.24, 2.45) is 0 Å². The molecule has 3 aromatic rings. The van der Waals surface area contributed by atoms with E-state index >= 15 is 0 Å². The topological polar surface area (TPSA) is 880 Å². The van der Waals surface area contributed by atoms with Crippen LogP contribution < -0.4 is 69.8 Å². The fourth-order valence-corrected chi connectivity index (χ4v) is 12.8. The molecule has 2 aromatic heterocycles. The van der Waals surface area contributed by atoms with Gasteiger partial charge < -0.3 is 166 Å². The zero-order chi connectivity index (χ0) is 92.5. The van der Waals surface area contributed by atoms with Gasteiger partial charge in [0.05, 0.1) is 79.2 Å². The van der Waals surface area contributed by atoms with Crippen LogP contribution in [-0.2, 0) is 73.6 Å². The number of carboxylic acid groups (broad SMARTS) is 4. The van der Waals surface area contributed by atoms with E-state index in [1.807, 2.05) is 0 Å². The van der Waals surface area contributed by atoms with Crippen LogP contribution in [0.1, 0.15) is 93.1 Å². The summed E-state index contributed by atoms with van der Waals surface area (Å²) in [6.07, 6.45) is -35.1. The molecule has 0 spiro atoms. The van der Waals surface area contributed by atoms with Crippen LogP contribution in [0.4, 0.5) is 16.4 Å². The van der Waals surface area contributed by atoms with Gasteiger partial charge in [0.15, 0.2) is 11.2 Å². The van der Waals surface area contributed by atoms with E-state index in [9.17, 15) is 169 Å². The predicted molar refractivity (Wildman–Crippen MR) is 428 cm³/mol. The number of benzene rings is 1. The zero-order valence-corrected chi connectivity index (χ0v) is 68.8. The number of fused-ring (bicyclic) bond motifs is 1. The second-order valence-electron chi connectivity index (χ2n) is 27.1. The number of amides is 10. The van der Waals surface area contributed by atoms with E-state index < -0.39 is 330 Å². The maximum Gasteiger partial charge on any atom is 0.367 e. The number of carboxylic acids is 4. The summed E-state index contributed by atoms with van der Waals surface area (Å²) in [7, 11) is 1.84. The second-order valence-corrected chi connectivity index (χ2v) is 30.6. The molecule has 3 rings (SSSR count). The average molecular weight is 1910 g/mol. The van der Waals surface area contributed by atoms with E-state index in [0.29, 0.717) is 5.69 Å². The zero-order valence-electron chi connectivity index (χ0n) is 65.0. The van der Waals surface area contributed by atoms with Gasteiger partial charge in [-0.05, 0) is 62.8 Å². The summed E-state index contributed by atoms with van der Waals surface area (Å²) in [4.78, 5) is 228. The monoisotopic (exact) mass is 1910 g/mol. The number of nitrogen functional groups attached to an aromatic ring is 1. The lowest BCUT2D eigenvalue weighted by molar-refractivity contribution is -0.142. The molecule has 1 aromatic carbocycles. The van der Waals surface area contributed by atoms with Crippen LogP contribution >= 0.6 is 44.2 Å². The molecule has 0 saturated heterocycles. The SMILES string of the molecule is Nc1nc2ncc(CNc3ccc(C(=O)N[C@H](CCC(=O)N[C@@H](CCC(=O)NC[C@H](O)[C@@H](O)[C@H](O)[C@H](O)CO)C(=O)N[C@H](CCC(=O)O)C(=O)N[C@@H](CCC(=O)NC[C@H](O)[C@@H](O)[C@H](O)[C@H](O)CO)C(=O)N[C@H](CCC(=O)O)C(=O)N[C@@H](CCC(=O)NC[C@H](O)[C@@H](O)[C@H](O)[C@H](O)CO)C(=O)N[C@H](CSSCCOC(=O)I)C(=O)O)C(=O)O)cc3)nc2c(=O)[nH]1. The molecule has 52 nitrogen and oxygen atoms in total. The molecule has 123 heavy (non-hydrogen) atoms. The highest BCUT2D eigenvalue weighted by Crippen LogP contribution is 2.23. The molecule has 0 fully saturated rings. The molecular formula is C68H101IN16O36S2. The Balaban J connectivity index is 2.09. The Bertz CT molecular complexity index is 4100. The van der Waals surface area contributed by atoms with Crippen molar-refractivity contribution >= 4 is 154 Å². The third-order valence-electron chi connectivity index (χ3n) is 17.6. The van der Waals surface area contributed by atoms with E-state index in [-0.39, 0.29) is 47.3 Å². The number of rotatable bonds is 60. The number of ether oxygens (including phenoxy) is 1. The number of halogens is 1. The van der Waals surface area contributed by atoms with Crippen molar-refractivity contribution in [2.75, 3.05) is 68.6 Å². The Labute approximate surface area is 717 Å². The maximum atomic E-state index is 14.8. The van der Waals surface area contributed by atoms with Crippen LogP contribution in [-0.4, -0.2) is 377 Å². The molecule has 0 radical (unpaired) electrons. The summed E-state index contributed by atoms with van der Waals surface area (Å²) in [5.74, 6) is -20.4. The minimum absolute atomic E-state index is 0.00332. The van der Waals surface area contributed by atoms with Gasteiger partial charge in [0, 0.05) is 80.9 Å². The van der Waals surface area contributed by atoms with Crippen LogP contribution in [0.15, 0.2) is 35.3 Å². The number of nitrogens with zero attached hydrogens (tertiary/aromatic N) is 3. The van der Waals surface area contributed by atoms with E-state index in [1.165, 1.54) is 53.1 Å². The molecule has 0 unspecified atom stereocenters. The Morgan fingerprint density at radius 1 is 0.447 bits per heavy atom. The summed E-state index contributed by atoms with van der Waals surface area (Å²) in [5.41, 5.74) is 5.34. The molecule has 688 valence electrons. The van der Waals surface area contributed by atoms with Gasteiger partial charge in [-0.15, -0.1) is 0 Å². The number of hydrogen-bond donors (Lipinski definition) is 32. The highest BCUT2D eigenvalue weighted by molar-refractivity contribution is 14.1. The number of carbonyl (C=O) groups excluding carboxylic acids is 11. The summed E-state index contributed by atoms with van der Waals surface area (Å²) in [6.45, 7) is -6.17.